The first-order valence-corrected chi connectivity index (χ1v) is 23.3. The molecule has 4 rings (SSSR count). The van der Waals surface area contributed by atoms with Gasteiger partial charge in [-0.25, -0.2) is 0 Å². The molecule has 0 bridgehead atoms. The lowest BCUT2D eigenvalue weighted by Crippen LogP contribution is -2.41. The number of rotatable bonds is 26. The summed E-state index contributed by atoms with van der Waals surface area (Å²) >= 11 is 0. The van der Waals surface area contributed by atoms with Crippen LogP contribution in [-0.4, -0.2) is 53.7 Å². The van der Waals surface area contributed by atoms with E-state index in [1.54, 1.807) is 6.92 Å². The average molecular weight is 824 g/mol. The summed E-state index contributed by atoms with van der Waals surface area (Å²) in [6.07, 6.45) is 24.9. The number of carboxylic acid groups (broad SMARTS) is 2. The van der Waals surface area contributed by atoms with Crippen LogP contribution in [0.25, 0.3) is 0 Å². The quantitative estimate of drug-likeness (QED) is 0.0719. The number of amides is 1. The lowest BCUT2D eigenvalue weighted by Gasteiger charge is -2.34. The predicted octanol–water partition coefficient (Wildman–Crippen LogP) is 12.8. The molecule has 2 aromatic rings. The van der Waals surface area contributed by atoms with Crippen LogP contribution in [0.2, 0.25) is 0 Å². The molecule has 2 aromatic carbocycles. The third-order valence-corrected chi connectivity index (χ3v) is 13.1. The Hall–Kier alpha value is -4.33. The maximum atomic E-state index is 12.9. The van der Waals surface area contributed by atoms with Gasteiger partial charge >= 0.3 is 11.9 Å². The Morgan fingerprint density at radius 1 is 0.767 bits per heavy atom. The number of hydrogen-bond acceptors (Lipinski definition) is 5. The Kier molecular flexibility index (Phi) is 18.6. The highest BCUT2D eigenvalue weighted by atomic mass is 16.4. The number of unbranched alkanes of at least 4 members (excludes halogenated alkanes) is 9. The molecule has 2 aliphatic heterocycles. The number of nitrogens with zero attached hydrogens (tertiary/aromatic N) is 3. The van der Waals surface area contributed by atoms with Crippen molar-refractivity contribution in [3.8, 4) is 0 Å². The van der Waals surface area contributed by atoms with Crippen molar-refractivity contribution in [1.82, 2.24) is 0 Å². The Labute approximate surface area is 362 Å². The average Bonchev–Trinajstić information content (AvgIpc) is 3.59. The summed E-state index contributed by atoms with van der Waals surface area (Å²) in [4.78, 5) is 43.4. The number of allylic oxidation sites excluding steroid dienone is 5. The summed E-state index contributed by atoms with van der Waals surface area (Å²) in [6, 6.07) is 14.8. The van der Waals surface area contributed by atoms with Crippen molar-refractivity contribution in [2.75, 3.05) is 34.3 Å². The van der Waals surface area contributed by atoms with E-state index >= 15 is 0 Å². The molecule has 330 valence electrons. The fourth-order valence-electron chi connectivity index (χ4n) is 9.66. The predicted molar refractivity (Wildman–Crippen MR) is 250 cm³/mol. The molecule has 2 heterocycles. The van der Waals surface area contributed by atoms with E-state index in [4.69, 9.17) is 0 Å². The van der Waals surface area contributed by atoms with Gasteiger partial charge in [0.1, 0.15) is 0 Å². The van der Waals surface area contributed by atoms with Gasteiger partial charge in [-0.15, -0.1) is 0 Å². The van der Waals surface area contributed by atoms with Gasteiger partial charge in [-0.2, -0.15) is 0 Å². The molecule has 0 saturated heterocycles. The third kappa shape index (κ3) is 11.9. The van der Waals surface area contributed by atoms with E-state index in [0.29, 0.717) is 19.6 Å². The highest BCUT2D eigenvalue weighted by molar-refractivity contribution is 5.92. The summed E-state index contributed by atoms with van der Waals surface area (Å²) in [5.41, 5.74) is 7.26. The lowest BCUT2D eigenvalue weighted by atomic mass is 9.71. The maximum absolute atomic E-state index is 12.9. The van der Waals surface area contributed by atoms with E-state index in [0.717, 1.165) is 79.6 Å². The smallest absolute Gasteiger partial charge is 0.305 e. The van der Waals surface area contributed by atoms with Gasteiger partial charge < -0.3 is 24.9 Å². The topological polar surface area (TPSA) is 101 Å². The van der Waals surface area contributed by atoms with E-state index in [1.165, 1.54) is 49.8 Å². The first-order chi connectivity index (χ1) is 28.7. The second-order valence-corrected chi connectivity index (χ2v) is 18.2. The first kappa shape index (κ1) is 48.3. The zero-order chi connectivity index (χ0) is 43.9. The van der Waals surface area contributed by atoms with Gasteiger partial charge in [0.25, 0.3) is 0 Å². The molecule has 0 aromatic heterocycles. The van der Waals surface area contributed by atoms with Gasteiger partial charge in [0.15, 0.2) is 0 Å². The minimum absolute atomic E-state index is 0.0168. The molecular formula is C52H77N3O5. The van der Waals surface area contributed by atoms with Crippen LogP contribution < -0.4 is 14.7 Å². The summed E-state index contributed by atoms with van der Waals surface area (Å²) in [6.45, 7) is 18.7. The SMILES string of the molecule is CCCCCCN(C(C)=O)c1ccc2c(c1)C(C)(C)C(/C=C/C(=C/C=C1/N(CCC(=O)O)c3ccccc3C1(CCCCCC)CCCCCC)C(C)C)N2CCC(=O)O. The monoisotopic (exact) mass is 824 g/mol. The van der Waals surface area contributed by atoms with Crippen molar-refractivity contribution >= 4 is 34.9 Å². The zero-order valence-electron chi connectivity index (χ0n) is 38.4. The number of benzene rings is 2. The van der Waals surface area contributed by atoms with Crippen molar-refractivity contribution in [3.05, 3.63) is 89.2 Å². The van der Waals surface area contributed by atoms with Crippen LogP contribution >= 0.6 is 0 Å². The molecule has 1 atom stereocenters. The number of para-hydroxylation sites is 1. The highest BCUT2D eigenvalue weighted by Gasteiger charge is 2.46. The van der Waals surface area contributed by atoms with Gasteiger partial charge in [-0.05, 0) is 72.2 Å². The normalized spacial score (nSPS) is 17.5. The number of aliphatic carboxylic acids is 2. The molecular weight excluding hydrogens is 747 g/mol. The zero-order valence-corrected chi connectivity index (χ0v) is 38.4. The molecule has 0 fully saturated rings. The second-order valence-electron chi connectivity index (χ2n) is 18.2. The minimum atomic E-state index is -0.831. The second kappa shape index (κ2) is 23.0. The first-order valence-electron chi connectivity index (χ1n) is 23.3. The van der Waals surface area contributed by atoms with Crippen LogP contribution in [0.1, 0.15) is 169 Å². The molecule has 2 N–H and O–H groups in total. The number of anilines is 3. The van der Waals surface area contributed by atoms with E-state index < -0.39 is 11.9 Å². The molecule has 0 aliphatic carbocycles. The number of carbonyl (C=O) groups is 3. The van der Waals surface area contributed by atoms with Gasteiger partial charge in [-0.3, -0.25) is 14.4 Å². The standard InChI is InChI=1S/C52H77N3O5/c1-9-12-15-20-33-52(34-21-16-13-10-2)43-23-18-19-24-45(43)55(37-32-50(59)60)48(52)30-26-41(39(4)5)25-29-47-51(7,8)44-38-42(53(40(6)56)35-22-17-14-11-3)27-28-46(44)54(47)36-31-49(57)58/h18-19,23-30,38-39,47H,9-17,20-22,31-37H2,1-8H3,(H,57,58)(H,59,60)/b29-25+,41-26-,48-30+. The maximum Gasteiger partial charge on any atom is 0.305 e. The van der Waals surface area contributed by atoms with Crippen LogP contribution in [-0.2, 0) is 25.2 Å². The molecule has 1 unspecified atom stereocenters. The van der Waals surface area contributed by atoms with Crippen LogP contribution in [0.15, 0.2) is 78.0 Å². The lowest BCUT2D eigenvalue weighted by molar-refractivity contribution is -0.137. The summed E-state index contributed by atoms with van der Waals surface area (Å²) in [5, 5.41) is 19.7. The van der Waals surface area contributed by atoms with Crippen molar-refractivity contribution in [2.45, 2.75) is 175 Å². The van der Waals surface area contributed by atoms with Crippen molar-refractivity contribution < 1.29 is 24.6 Å². The molecule has 0 spiro atoms. The number of hydrogen-bond donors (Lipinski definition) is 2. The summed E-state index contributed by atoms with van der Waals surface area (Å²) in [7, 11) is 0. The van der Waals surface area contributed by atoms with Gasteiger partial charge in [0.05, 0.1) is 18.9 Å². The van der Waals surface area contributed by atoms with E-state index in [9.17, 15) is 24.6 Å². The molecule has 60 heavy (non-hydrogen) atoms. The fourth-order valence-corrected chi connectivity index (χ4v) is 9.66. The van der Waals surface area contributed by atoms with Crippen molar-refractivity contribution in [3.63, 3.8) is 0 Å². The van der Waals surface area contributed by atoms with Gasteiger partial charge in [-0.1, -0.05) is 156 Å². The summed E-state index contributed by atoms with van der Waals surface area (Å²) < 4.78 is 0. The molecule has 8 nitrogen and oxygen atoms in total. The fraction of sp³-hybridized carbons (Fsp3) is 0.596. The molecule has 0 saturated carbocycles. The number of carbonyl (C=O) groups excluding carboxylic acids is 1. The third-order valence-electron chi connectivity index (χ3n) is 13.1. The Morgan fingerprint density at radius 3 is 1.95 bits per heavy atom. The number of fused-ring (bicyclic) bond motifs is 2. The van der Waals surface area contributed by atoms with E-state index in [2.05, 4.69) is 119 Å². The Morgan fingerprint density at radius 2 is 1.37 bits per heavy atom. The largest absolute Gasteiger partial charge is 0.481 e. The number of carboxylic acids is 2. The van der Waals surface area contributed by atoms with Crippen molar-refractivity contribution in [2.24, 2.45) is 5.92 Å². The molecule has 0 radical (unpaired) electrons. The molecule has 2 aliphatic rings. The highest BCUT2D eigenvalue weighted by Crippen LogP contribution is 2.54. The molecule has 8 heteroatoms. The van der Waals surface area contributed by atoms with E-state index in [-0.39, 0.29) is 41.5 Å². The van der Waals surface area contributed by atoms with Gasteiger partial charge in [0.2, 0.25) is 5.91 Å². The minimum Gasteiger partial charge on any atom is -0.481 e. The molecule has 1 amide bonds. The Balaban J connectivity index is 1.81. The Bertz CT molecular complexity index is 1810. The van der Waals surface area contributed by atoms with Crippen molar-refractivity contribution in [1.29, 1.82) is 0 Å². The van der Waals surface area contributed by atoms with Crippen LogP contribution in [0.3, 0.4) is 0 Å². The van der Waals surface area contributed by atoms with E-state index in [1.807, 2.05) is 11.0 Å². The van der Waals surface area contributed by atoms with Crippen LogP contribution in [0.4, 0.5) is 17.1 Å². The summed E-state index contributed by atoms with van der Waals surface area (Å²) in [5.74, 6) is -1.40. The van der Waals surface area contributed by atoms with Crippen LogP contribution in [0.5, 0.6) is 0 Å². The van der Waals surface area contributed by atoms with Gasteiger partial charge in [0, 0.05) is 60.1 Å². The van der Waals surface area contributed by atoms with Crippen LogP contribution in [0, 0.1) is 5.92 Å².